The molecule has 0 aliphatic rings. The van der Waals surface area contributed by atoms with Crippen LogP contribution in [0.3, 0.4) is 0 Å². The summed E-state index contributed by atoms with van der Waals surface area (Å²) >= 11 is 0. The van der Waals surface area contributed by atoms with E-state index in [0.717, 1.165) is 0 Å². The quantitative estimate of drug-likeness (QED) is 0.308. The molecule has 0 aromatic rings. The third-order valence-corrected chi connectivity index (χ3v) is 0.167. The molecule has 0 saturated heterocycles. The van der Waals surface area contributed by atoms with Crippen LogP contribution in [0.4, 0.5) is 0 Å². The number of hydrogen-bond acceptors (Lipinski definition) is 5. The molecule has 0 saturated carbocycles. The molecule has 0 aliphatic heterocycles. The highest BCUT2D eigenvalue weighted by Gasteiger charge is 1.84. The molecule has 0 amide bonds. The maximum atomic E-state index is 8.74. The van der Waals surface area contributed by atoms with E-state index in [-0.39, 0.29) is 6.15 Å². The van der Waals surface area contributed by atoms with Crippen LogP contribution in [0.25, 0.3) is 0 Å². The highest BCUT2D eigenvalue weighted by molar-refractivity contribution is 7.79. The highest BCUT2D eigenvalue weighted by atomic mass is 32.3. The maximum Gasteiger partial charge on any atom is 0.394 e. The first kappa shape index (κ1) is 16.4. The molecular weight excluding hydrogens is 164 g/mol. The Morgan fingerprint density at radius 1 is 1.50 bits per heavy atom. The summed E-state index contributed by atoms with van der Waals surface area (Å²) in [6.07, 6.45) is 0. The van der Waals surface area contributed by atoms with Crippen LogP contribution < -0.4 is 12.0 Å². The maximum absolute atomic E-state index is 8.74. The van der Waals surface area contributed by atoms with Crippen LogP contribution in [0, 0.1) is 0 Å². The van der Waals surface area contributed by atoms with Crippen LogP contribution in [0.2, 0.25) is 0 Å². The molecule has 66 valence electrons. The van der Waals surface area contributed by atoms with Crippen molar-refractivity contribution in [3.63, 3.8) is 0 Å². The van der Waals surface area contributed by atoms with Gasteiger partial charge in [-0.15, -0.1) is 0 Å². The van der Waals surface area contributed by atoms with Crippen molar-refractivity contribution >= 4 is 10.4 Å². The van der Waals surface area contributed by atoms with Crippen molar-refractivity contribution in [2.24, 2.45) is 5.90 Å². The molecule has 0 heterocycles. The lowest BCUT2D eigenvalue weighted by Crippen LogP contribution is -1.94. The Kier molecular flexibility index (Phi) is 14.3. The van der Waals surface area contributed by atoms with Gasteiger partial charge in [-0.25, -0.2) is 5.90 Å². The first-order valence-electron chi connectivity index (χ1n) is 1.93. The average Bonchev–Trinajstić information content (AvgIpc) is 1.61. The van der Waals surface area contributed by atoms with Crippen molar-refractivity contribution in [3.05, 3.63) is 0 Å². The topological polar surface area (TPSA) is 145 Å². The summed E-state index contributed by atoms with van der Waals surface area (Å²) in [6, 6.07) is 0. The van der Waals surface area contributed by atoms with Crippen molar-refractivity contribution in [1.82, 2.24) is 6.15 Å². The lowest BCUT2D eigenvalue weighted by atomic mass is 10.9. The second-order valence-electron chi connectivity index (χ2n) is 0.903. The van der Waals surface area contributed by atoms with Gasteiger partial charge in [-0.3, -0.25) is 9.11 Å². The van der Waals surface area contributed by atoms with E-state index in [2.05, 4.69) is 10.7 Å². The molecule has 0 atom stereocenters. The van der Waals surface area contributed by atoms with Gasteiger partial charge < -0.3 is 11.0 Å². The minimum atomic E-state index is -4.67. The van der Waals surface area contributed by atoms with Gasteiger partial charge in [0.05, 0.1) is 6.61 Å². The molecule has 0 aromatic heterocycles. The largest absolute Gasteiger partial charge is 0.394 e. The number of nitrogens with two attached hydrogens (primary N) is 1. The van der Waals surface area contributed by atoms with E-state index >= 15 is 0 Å². The zero-order chi connectivity index (χ0) is 7.91. The predicted molar refractivity (Wildman–Crippen MR) is 35.0 cm³/mol. The summed E-state index contributed by atoms with van der Waals surface area (Å²) in [5.74, 6) is 4.53. The summed E-state index contributed by atoms with van der Waals surface area (Å²) in [4.78, 5) is 4.04. The molecule has 0 fully saturated rings. The lowest BCUT2D eigenvalue weighted by molar-refractivity contribution is 0.152. The van der Waals surface area contributed by atoms with Crippen LogP contribution in [0.15, 0.2) is 0 Å². The summed E-state index contributed by atoms with van der Waals surface area (Å²) in [6.45, 7) is 2.43. The van der Waals surface area contributed by atoms with E-state index in [1.54, 1.807) is 0 Å². The SMILES string of the molecule is CCON.N.O=S(=O)(O)O. The minimum absolute atomic E-state index is 0. The van der Waals surface area contributed by atoms with Gasteiger partial charge in [0.25, 0.3) is 0 Å². The molecule has 0 aliphatic carbocycles. The Bertz CT molecular complexity index is 121. The minimum Gasteiger partial charge on any atom is -0.344 e. The highest BCUT2D eigenvalue weighted by Crippen LogP contribution is 1.59. The first-order chi connectivity index (χ1) is 3.91. The van der Waals surface area contributed by atoms with Gasteiger partial charge in [0.15, 0.2) is 0 Å². The van der Waals surface area contributed by atoms with Crippen LogP contribution in [-0.2, 0) is 15.2 Å². The van der Waals surface area contributed by atoms with E-state index < -0.39 is 10.4 Å². The Morgan fingerprint density at radius 3 is 1.60 bits per heavy atom. The molecule has 10 heavy (non-hydrogen) atoms. The molecule has 7 nitrogen and oxygen atoms in total. The van der Waals surface area contributed by atoms with Crippen molar-refractivity contribution < 1.29 is 22.4 Å². The third kappa shape index (κ3) is 628. The molecule has 0 bridgehead atoms. The number of hydrogen-bond donors (Lipinski definition) is 4. The van der Waals surface area contributed by atoms with Gasteiger partial charge in [-0.05, 0) is 6.92 Å². The van der Waals surface area contributed by atoms with Gasteiger partial charge in [-0.1, -0.05) is 0 Å². The molecule has 0 rings (SSSR count). The zero-order valence-electron chi connectivity index (χ0n) is 5.52. The monoisotopic (exact) mass is 176 g/mol. The summed E-state index contributed by atoms with van der Waals surface area (Å²) in [7, 11) is -4.67. The molecule has 0 radical (unpaired) electrons. The standard InChI is InChI=1S/C2H7NO.H3N.H2O4S/c1-2-4-3;;1-5(2,3)4/h2-3H2,1H3;1H3;(H2,1,2,3,4). The molecule has 0 unspecified atom stereocenters. The van der Waals surface area contributed by atoms with Crippen molar-refractivity contribution in [2.45, 2.75) is 6.92 Å². The second kappa shape index (κ2) is 8.75. The summed E-state index contributed by atoms with van der Waals surface area (Å²) in [5, 5.41) is 0. The van der Waals surface area contributed by atoms with Crippen LogP contribution in [0.1, 0.15) is 6.92 Å². The van der Waals surface area contributed by atoms with Gasteiger partial charge in [0, 0.05) is 0 Å². The Morgan fingerprint density at radius 2 is 1.60 bits per heavy atom. The van der Waals surface area contributed by atoms with E-state index in [1.165, 1.54) is 0 Å². The molecule has 8 heteroatoms. The van der Waals surface area contributed by atoms with E-state index in [1.807, 2.05) is 6.92 Å². The summed E-state index contributed by atoms with van der Waals surface area (Å²) < 4.78 is 31.6. The third-order valence-electron chi connectivity index (χ3n) is 0.167. The fraction of sp³-hybridized carbons (Fsp3) is 1.00. The van der Waals surface area contributed by atoms with Crippen molar-refractivity contribution in [1.29, 1.82) is 0 Å². The van der Waals surface area contributed by atoms with Crippen LogP contribution in [-0.4, -0.2) is 24.1 Å². The fourth-order valence-corrected chi connectivity index (χ4v) is 0. The predicted octanol–water partition coefficient (Wildman–Crippen LogP) is -0.594. The first-order valence-corrected chi connectivity index (χ1v) is 3.33. The average molecular weight is 176 g/mol. The van der Waals surface area contributed by atoms with Gasteiger partial charge in [0.2, 0.25) is 0 Å². The van der Waals surface area contributed by atoms with Crippen LogP contribution >= 0.6 is 0 Å². The molecule has 0 spiro atoms. The molecular formula is C2H12N2O5S. The van der Waals surface area contributed by atoms with Crippen molar-refractivity contribution in [2.75, 3.05) is 6.61 Å². The van der Waals surface area contributed by atoms with E-state index in [9.17, 15) is 0 Å². The van der Waals surface area contributed by atoms with E-state index in [0.29, 0.717) is 6.61 Å². The zero-order valence-corrected chi connectivity index (χ0v) is 6.34. The van der Waals surface area contributed by atoms with E-state index in [4.69, 9.17) is 17.5 Å². The lowest BCUT2D eigenvalue weighted by Gasteiger charge is -1.76. The molecule has 7 N–H and O–H groups in total. The van der Waals surface area contributed by atoms with Crippen molar-refractivity contribution in [3.8, 4) is 0 Å². The van der Waals surface area contributed by atoms with Gasteiger partial charge in [-0.2, -0.15) is 8.42 Å². The Balaban J connectivity index is -0.0000000910. The van der Waals surface area contributed by atoms with Crippen LogP contribution in [0.5, 0.6) is 0 Å². The van der Waals surface area contributed by atoms with Gasteiger partial charge in [0.1, 0.15) is 0 Å². The van der Waals surface area contributed by atoms with Gasteiger partial charge >= 0.3 is 10.4 Å². The molecule has 0 aromatic carbocycles. The Hall–Kier alpha value is -0.250. The second-order valence-corrected chi connectivity index (χ2v) is 1.80. The number of rotatable bonds is 1. The smallest absolute Gasteiger partial charge is 0.344 e. The summed E-state index contributed by atoms with van der Waals surface area (Å²) in [5.41, 5.74) is 0. The normalized spacial score (nSPS) is 8.80. The Labute approximate surface area is 59.3 Å². The fourth-order valence-electron chi connectivity index (χ4n) is 0.